The molecule has 2 nitrogen and oxygen atoms in total. The molecule has 1 aromatic carbocycles. The zero-order valence-electron chi connectivity index (χ0n) is 11.9. The predicted molar refractivity (Wildman–Crippen MR) is 79.5 cm³/mol. The number of nitrogens with one attached hydrogen (secondary N) is 1. The molecule has 1 aromatic rings. The molecular weight excluding hydrogens is 220 g/mol. The van der Waals surface area contributed by atoms with Crippen LogP contribution in [0.4, 0.5) is 0 Å². The summed E-state index contributed by atoms with van der Waals surface area (Å²) in [7, 11) is 0. The number of nitrogens with two attached hydrogens (primary N) is 1. The van der Waals surface area contributed by atoms with Crippen LogP contribution in [0.1, 0.15) is 51.5 Å². The quantitative estimate of drug-likeness (QED) is 0.657. The standard InChI is InChI=1S/C16H28N2/c1-3-4-5-9-12-16(2,14-17)18-13-15-10-7-6-8-11-15/h6-8,10-11,18H,3-5,9,12-14,17H2,1-2H3. The average molecular weight is 248 g/mol. The molecule has 2 heteroatoms. The summed E-state index contributed by atoms with van der Waals surface area (Å²) in [4.78, 5) is 0. The zero-order chi connectivity index (χ0) is 13.3. The molecule has 1 atom stereocenters. The molecule has 3 N–H and O–H groups in total. The molecule has 0 fully saturated rings. The minimum atomic E-state index is 0.0730. The van der Waals surface area contributed by atoms with Crippen molar-refractivity contribution in [1.82, 2.24) is 5.32 Å². The second-order valence-electron chi connectivity index (χ2n) is 5.41. The van der Waals surface area contributed by atoms with E-state index in [9.17, 15) is 0 Å². The summed E-state index contributed by atoms with van der Waals surface area (Å²) in [6, 6.07) is 10.5. The number of benzene rings is 1. The molecule has 1 unspecified atom stereocenters. The molecule has 0 aliphatic carbocycles. The van der Waals surface area contributed by atoms with Gasteiger partial charge in [0.2, 0.25) is 0 Å². The van der Waals surface area contributed by atoms with Crippen LogP contribution >= 0.6 is 0 Å². The van der Waals surface area contributed by atoms with E-state index in [2.05, 4.69) is 49.5 Å². The first-order valence-corrected chi connectivity index (χ1v) is 7.19. The third kappa shape index (κ3) is 5.65. The first-order chi connectivity index (χ1) is 8.70. The van der Waals surface area contributed by atoms with Gasteiger partial charge in [0.25, 0.3) is 0 Å². The van der Waals surface area contributed by atoms with Crippen molar-refractivity contribution < 1.29 is 0 Å². The van der Waals surface area contributed by atoms with E-state index in [1.165, 1.54) is 31.2 Å². The van der Waals surface area contributed by atoms with Gasteiger partial charge in [0.15, 0.2) is 0 Å². The van der Waals surface area contributed by atoms with Gasteiger partial charge in [-0.2, -0.15) is 0 Å². The molecule has 0 radical (unpaired) electrons. The highest BCUT2D eigenvalue weighted by Crippen LogP contribution is 2.15. The van der Waals surface area contributed by atoms with Crippen LogP contribution < -0.4 is 11.1 Å². The Balaban J connectivity index is 2.35. The van der Waals surface area contributed by atoms with Crippen LogP contribution in [0, 0.1) is 0 Å². The van der Waals surface area contributed by atoms with Crippen molar-refractivity contribution >= 4 is 0 Å². The van der Waals surface area contributed by atoms with E-state index in [1.807, 2.05) is 0 Å². The SMILES string of the molecule is CCCCCCC(C)(CN)NCc1ccccc1. The highest BCUT2D eigenvalue weighted by atomic mass is 15.0. The van der Waals surface area contributed by atoms with Crippen molar-refractivity contribution in [3.05, 3.63) is 35.9 Å². The van der Waals surface area contributed by atoms with Crippen LogP contribution in [0.25, 0.3) is 0 Å². The molecule has 0 aliphatic heterocycles. The molecule has 0 aliphatic rings. The van der Waals surface area contributed by atoms with Gasteiger partial charge in [-0.3, -0.25) is 0 Å². The Kier molecular flexibility index (Phi) is 6.99. The Labute approximate surface area is 112 Å². The van der Waals surface area contributed by atoms with E-state index >= 15 is 0 Å². The van der Waals surface area contributed by atoms with Gasteiger partial charge < -0.3 is 11.1 Å². The van der Waals surface area contributed by atoms with Crippen molar-refractivity contribution in [2.45, 2.75) is 58.0 Å². The lowest BCUT2D eigenvalue weighted by atomic mass is 9.93. The van der Waals surface area contributed by atoms with Crippen LogP contribution in [0.15, 0.2) is 30.3 Å². The van der Waals surface area contributed by atoms with Crippen molar-refractivity contribution in [1.29, 1.82) is 0 Å². The maximum absolute atomic E-state index is 5.92. The topological polar surface area (TPSA) is 38.0 Å². The molecule has 0 bridgehead atoms. The maximum atomic E-state index is 5.92. The first kappa shape index (κ1) is 15.2. The monoisotopic (exact) mass is 248 g/mol. The number of hydrogen-bond acceptors (Lipinski definition) is 2. The van der Waals surface area contributed by atoms with Crippen molar-refractivity contribution in [2.75, 3.05) is 6.54 Å². The lowest BCUT2D eigenvalue weighted by Crippen LogP contribution is -2.48. The summed E-state index contributed by atoms with van der Waals surface area (Å²) in [5.41, 5.74) is 7.32. The molecule has 0 saturated heterocycles. The Morgan fingerprint density at radius 1 is 1.11 bits per heavy atom. The fourth-order valence-corrected chi connectivity index (χ4v) is 2.12. The predicted octanol–water partition coefficient (Wildman–Crippen LogP) is 3.46. The lowest BCUT2D eigenvalue weighted by Gasteiger charge is -2.30. The Morgan fingerprint density at radius 2 is 1.83 bits per heavy atom. The molecule has 0 heterocycles. The average Bonchev–Trinajstić information content (AvgIpc) is 2.43. The van der Waals surface area contributed by atoms with Crippen LogP contribution in [-0.4, -0.2) is 12.1 Å². The minimum Gasteiger partial charge on any atom is -0.329 e. The summed E-state index contributed by atoms with van der Waals surface area (Å²) in [6.45, 7) is 6.09. The molecule has 0 aromatic heterocycles. The highest BCUT2D eigenvalue weighted by Gasteiger charge is 2.20. The number of unbranched alkanes of at least 4 members (excludes halogenated alkanes) is 3. The van der Waals surface area contributed by atoms with E-state index in [0.29, 0.717) is 6.54 Å². The van der Waals surface area contributed by atoms with Crippen LogP contribution in [0.2, 0.25) is 0 Å². The van der Waals surface area contributed by atoms with Crippen molar-refractivity contribution in [2.24, 2.45) is 5.73 Å². The van der Waals surface area contributed by atoms with Gasteiger partial charge in [-0.25, -0.2) is 0 Å². The fourth-order valence-electron chi connectivity index (χ4n) is 2.12. The second-order valence-corrected chi connectivity index (χ2v) is 5.41. The van der Waals surface area contributed by atoms with E-state index in [0.717, 1.165) is 13.0 Å². The third-order valence-electron chi connectivity index (χ3n) is 3.59. The molecule has 0 spiro atoms. The van der Waals surface area contributed by atoms with Gasteiger partial charge >= 0.3 is 0 Å². The zero-order valence-corrected chi connectivity index (χ0v) is 11.9. The van der Waals surface area contributed by atoms with Gasteiger partial charge in [0.05, 0.1) is 0 Å². The largest absolute Gasteiger partial charge is 0.329 e. The molecule has 0 saturated carbocycles. The minimum absolute atomic E-state index is 0.0730. The van der Waals surface area contributed by atoms with Gasteiger partial charge in [-0.1, -0.05) is 62.9 Å². The lowest BCUT2D eigenvalue weighted by molar-refractivity contribution is 0.324. The van der Waals surface area contributed by atoms with Crippen molar-refractivity contribution in [3.63, 3.8) is 0 Å². The van der Waals surface area contributed by atoms with Gasteiger partial charge in [0.1, 0.15) is 0 Å². The van der Waals surface area contributed by atoms with Gasteiger partial charge in [-0.15, -0.1) is 0 Å². The highest BCUT2D eigenvalue weighted by molar-refractivity contribution is 5.14. The van der Waals surface area contributed by atoms with Crippen molar-refractivity contribution in [3.8, 4) is 0 Å². The Hall–Kier alpha value is -0.860. The van der Waals surface area contributed by atoms with Crippen LogP contribution in [0.3, 0.4) is 0 Å². The summed E-state index contributed by atoms with van der Waals surface area (Å²) in [5.74, 6) is 0. The van der Waals surface area contributed by atoms with E-state index in [4.69, 9.17) is 5.73 Å². The number of rotatable bonds is 9. The Morgan fingerprint density at radius 3 is 2.44 bits per heavy atom. The van der Waals surface area contributed by atoms with E-state index in [1.54, 1.807) is 0 Å². The smallest absolute Gasteiger partial charge is 0.0278 e. The molecule has 102 valence electrons. The van der Waals surface area contributed by atoms with E-state index in [-0.39, 0.29) is 5.54 Å². The summed E-state index contributed by atoms with van der Waals surface area (Å²) in [6.07, 6.45) is 6.37. The van der Waals surface area contributed by atoms with Crippen LogP contribution in [0.5, 0.6) is 0 Å². The molecule has 0 amide bonds. The fraction of sp³-hybridized carbons (Fsp3) is 0.625. The molecule has 1 rings (SSSR count). The summed E-state index contributed by atoms with van der Waals surface area (Å²) in [5, 5.41) is 3.61. The van der Waals surface area contributed by atoms with Gasteiger partial charge in [-0.05, 0) is 18.9 Å². The summed E-state index contributed by atoms with van der Waals surface area (Å²) < 4.78 is 0. The molecule has 18 heavy (non-hydrogen) atoms. The molecular formula is C16H28N2. The normalized spacial score (nSPS) is 14.4. The summed E-state index contributed by atoms with van der Waals surface area (Å²) >= 11 is 0. The Bertz CT molecular complexity index is 310. The first-order valence-electron chi connectivity index (χ1n) is 7.19. The third-order valence-corrected chi connectivity index (χ3v) is 3.59. The van der Waals surface area contributed by atoms with Crippen LogP contribution in [-0.2, 0) is 6.54 Å². The van der Waals surface area contributed by atoms with E-state index < -0.39 is 0 Å². The maximum Gasteiger partial charge on any atom is 0.0278 e. The number of hydrogen-bond donors (Lipinski definition) is 2. The second kappa shape index (κ2) is 8.28. The van der Waals surface area contributed by atoms with Gasteiger partial charge in [0, 0.05) is 18.6 Å².